The van der Waals surface area contributed by atoms with Crippen molar-refractivity contribution in [1.82, 2.24) is 0 Å². The van der Waals surface area contributed by atoms with Gasteiger partial charge < -0.3 is 9.47 Å². The van der Waals surface area contributed by atoms with Crippen molar-refractivity contribution >= 4 is 5.97 Å². The Morgan fingerprint density at radius 3 is 2.30 bits per heavy atom. The number of esters is 1. The highest BCUT2D eigenvalue weighted by Crippen LogP contribution is 2.12. The Kier molecular flexibility index (Phi) is 5.18. The predicted molar refractivity (Wildman–Crippen MR) is 77.6 cm³/mol. The molecule has 3 nitrogen and oxygen atoms in total. The first-order valence-electron chi connectivity index (χ1n) is 6.69. The maximum atomic E-state index is 11.6. The number of aryl methyl sites for hydroxylation is 1. The monoisotopic (exact) mass is 270 g/mol. The van der Waals surface area contributed by atoms with Gasteiger partial charge in [0.15, 0.2) is 6.61 Å². The van der Waals surface area contributed by atoms with Crippen LogP contribution in [0.1, 0.15) is 18.1 Å². The molecular weight excluding hydrogens is 252 g/mol. The summed E-state index contributed by atoms with van der Waals surface area (Å²) < 4.78 is 10.5. The van der Waals surface area contributed by atoms with E-state index in [9.17, 15) is 4.79 Å². The normalized spacial score (nSPS) is 10.1. The zero-order chi connectivity index (χ0) is 14.2. The highest BCUT2D eigenvalue weighted by atomic mass is 16.6. The molecule has 0 atom stereocenters. The fourth-order valence-corrected chi connectivity index (χ4v) is 1.74. The van der Waals surface area contributed by atoms with Crippen LogP contribution in [-0.4, -0.2) is 12.6 Å². The van der Waals surface area contributed by atoms with Gasteiger partial charge in [-0.3, -0.25) is 0 Å². The van der Waals surface area contributed by atoms with E-state index in [1.807, 2.05) is 54.6 Å². The molecule has 2 rings (SSSR count). The summed E-state index contributed by atoms with van der Waals surface area (Å²) in [5.41, 5.74) is 2.21. The van der Waals surface area contributed by atoms with Crippen LogP contribution in [0.4, 0.5) is 0 Å². The lowest BCUT2D eigenvalue weighted by atomic mass is 10.2. The van der Waals surface area contributed by atoms with Gasteiger partial charge in [-0.25, -0.2) is 4.79 Å². The first-order valence-corrected chi connectivity index (χ1v) is 6.69. The highest BCUT2D eigenvalue weighted by molar-refractivity contribution is 5.71. The maximum absolute atomic E-state index is 11.6. The summed E-state index contributed by atoms with van der Waals surface area (Å²) in [6.45, 7) is 2.30. The van der Waals surface area contributed by atoms with E-state index in [1.54, 1.807) is 0 Å². The third-order valence-electron chi connectivity index (χ3n) is 2.93. The van der Waals surface area contributed by atoms with Gasteiger partial charge in [-0.2, -0.15) is 0 Å². The number of ether oxygens (including phenoxy) is 2. The summed E-state index contributed by atoms with van der Waals surface area (Å²) in [4.78, 5) is 11.6. The number of benzene rings is 2. The molecule has 0 fully saturated rings. The van der Waals surface area contributed by atoms with Gasteiger partial charge in [0.05, 0.1) is 0 Å². The van der Waals surface area contributed by atoms with Gasteiger partial charge in [-0.05, 0) is 29.7 Å². The van der Waals surface area contributed by atoms with Gasteiger partial charge >= 0.3 is 5.97 Å². The molecule has 0 bridgehead atoms. The first kappa shape index (κ1) is 14.1. The molecule has 2 aromatic rings. The second-order valence-electron chi connectivity index (χ2n) is 4.43. The number of carbonyl (C=O) groups excluding carboxylic acids is 1. The van der Waals surface area contributed by atoms with E-state index in [2.05, 4.69) is 6.92 Å². The topological polar surface area (TPSA) is 35.5 Å². The van der Waals surface area contributed by atoms with Crippen molar-refractivity contribution in [2.45, 2.75) is 20.0 Å². The number of carbonyl (C=O) groups is 1. The summed E-state index contributed by atoms with van der Waals surface area (Å²) in [5, 5.41) is 0. The molecule has 20 heavy (non-hydrogen) atoms. The molecular formula is C17H18O3. The third-order valence-corrected chi connectivity index (χ3v) is 2.93. The smallest absolute Gasteiger partial charge is 0.344 e. The number of rotatable bonds is 6. The summed E-state index contributed by atoms with van der Waals surface area (Å²) in [5.74, 6) is 0.312. The Morgan fingerprint density at radius 2 is 1.65 bits per heavy atom. The van der Waals surface area contributed by atoms with E-state index in [1.165, 1.54) is 5.56 Å². The van der Waals surface area contributed by atoms with Crippen molar-refractivity contribution in [3.05, 3.63) is 65.7 Å². The van der Waals surface area contributed by atoms with E-state index >= 15 is 0 Å². The molecule has 0 unspecified atom stereocenters. The Bertz CT molecular complexity index is 532. The molecule has 0 aliphatic heterocycles. The minimum absolute atomic E-state index is 0.0711. The van der Waals surface area contributed by atoms with Crippen LogP contribution in [0, 0.1) is 0 Å². The van der Waals surface area contributed by atoms with E-state index in [0.29, 0.717) is 5.75 Å². The second kappa shape index (κ2) is 7.34. The van der Waals surface area contributed by atoms with Crippen LogP contribution < -0.4 is 4.74 Å². The number of hydrogen-bond acceptors (Lipinski definition) is 3. The molecule has 0 spiro atoms. The van der Waals surface area contributed by atoms with Crippen LogP contribution in [0.5, 0.6) is 5.75 Å². The fourth-order valence-electron chi connectivity index (χ4n) is 1.74. The minimum Gasteiger partial charge on any atom is -0.482 e. The minimum atomic E-state index is -0.367. The molecule has 0 aromatic heterocycles. The van der Waals surface area contributed by atoms with Crippen molar-refractivity contribution in [2.75, 3.05) is 6.61 Å². The van der Waals surface area contributed by atoms with Crippen molar-refractivity contribution in [2.24, 2.45) is 0 Å². The van der Waals surface area contributed by atoms with E-state index in [4.69, 9.17) is 9.47 Å². The molecule has 104 valence electrons. The van der Waals surface area contributed by atoms with Gasteiger partial charge in [-0.15, -0.1) is 0 Å². The van der Waals surface area contributed by atoms with E-state index in [-0.39, 0.29) is 19.2 Å². The number of hydrogen-bond donors (Lipinski definition) is 0. The lowest BCUT2D eigenvalue weighted by Gasteiger charge is -2.07. The molecule has 0 saturated carbocycles. The van der Waals surface area contributed by atoms with Crippen LogP contribution in [-0.2, 0) is 22.6 Å². The summed E-state index contributed by atoms with van der Waals surface area (Å²) in [6.07, 6.45) is 0.986. The van der Waals surface area contributed by atoms with Gasteiger partial charge in [0.1, 0.15) is 12.4 Å². The predicted octanol–water partition coefficient (Wildman–Crippen LogP) is 3.37. The first-order chi connectivity index (χ1) is 9.78. The van der Waals surface area contributed by atoms with E-state index < -0.39 is 0 Å². The quantitative estimate of drug-likeness (QED) is 0.755. The van der Waals surface area contributed by atoms with Gasteiger partial charge in [0.2, 0.25) is 0 Å². The lowest BCUT2D eigenvalue weighted by Crippen LogP contribution is -2.14. The molecule has 0 aliphatic carbocycles. The molecule has 3 heteroatoms. The molecule has 0 aliphatic rings. The molecule has 0 radical (unpaired) electrons. The van der Waals surface area contributed by atoms with Gasteiger partial charge in [-0.1, -0.05) is 49.4 Å². The van der Waals surface area contributed by atoms with E-state index in [0.717, 1.165) is 12.0 Å². The Balaban J connectivity index is 1.74. The summed E-state index contributed by atoms with van der Waals surface area (Å²) in [7, 11) is 0. The van der Waals surface area contributed by atoms with Crippen LogP contribution in [0.25, 0.3) is 0 Å². The Labute approximate surface area is 119 Å². The standard InChI is InChI=1S/C17H18O3/c1-2-14-8-10-16(11-9-14)19-13-17(18)20-12-15-6-4-3-5-7-15/h3-11H,2,12-13H2,1H3. The zero-order valence-corrected chi connectivity index (χ0v) is 11.5. The van der Waals surface area contributed by atoms with Crippen molar-refractivity contribution < 1.29 is 14.3 Å². The van der Waals surface area contributed by atoms with Crippen molar-refractivity contribution in [1.29, 1.82) is 0 Å². The van der Waals surface area contributed by atoms with Gasteiger partial charge in [0.25, 0.3) is 0 Å². The lowest BCUT2D eigenvalue weighted by molar-refractivity contribution is -0.147. The maximum Gasteiger partial charge on any atom is 0.344 e. The molecule has 2 aromatic carbocycles. The Morgan fingerprint density at radius 1 is 0.950 bits per heavy atom. The van der Waals surface area contributed by atoms with Gasteiger partial charge in [0, 0.05) is 0 Å². The highest BCUT2D eigenvalue weighted by Gasteiger charge is 2.04. The van der Waals surface area contributed by atoms with Crippen LogP contribution in [0.3, 0.4) is 0 Å². The summed E-state index contributed by atoms with van der Waals surface area (Å²) in [6, 6.07) is 17.3. The fraction of sp³-hybridized carbons (Fsp3) is 0.235. The van der Waals surface area contributed by atoms with Crippen molar-refractivity contribution in [3.8, 4) is 5.75 Å². The van der Waals surface area contributed by atoms with Crippen LogP contribution in [0.2, 0.25) is 0 Å². The average molecular weight is 270 g/mol. The molecule has 0 amide bonds. The molecule has 0 heterocycles. The second-order valence-corrected chi connectivity index (χ2v) is 4.43. The van der Waals surface area contributed by atoms with Crippen molar-refractivity contribution in [3.63, 3.8) is 0 Å². The SMILES string of the molecule is CCc1ccc(OCC(=O)OCc2ccccc2)cc1. The summed E-state index contributed by atoms with van der Waals surface area (Å²) >= 11 is 0. The molecule has 0 saturated heterocycles. The Hall–Kier alpha value is -2.29. The van der Waals surface area contributed by atoms with Crippen LogP contribution >= 0.6 is 0 Å². The van der Waals surface area contributed by atoms with Crippen LogP contribution in [0.15, 0.2) is 54.6 Å². The average Bonchev–Trinajstić information content (AvgIpc) is 2.52. The molecule has 0 N–H and O–H groups in total. The largest absolute Gasteiger partial charge is 0.482 e. The zero-order valence-electron chi connectivity index (χ0n) is 11.5. The third kappa shape index (κ3) is 4.43.